The van der Waals surface area contributed by atoms with Crippen molar-refractivity contribution in [1.29, 1.82) is 0 Å². The lowest BCUT2D eigenvalue weighted by atomic mass is 10.1. The van der Waals surface area contributed by atoms with Gasteiger partial charge >= 0.3 is 6.18 Å². The van der Waals surface area contributed by atoms with Crippen molar-refractivity contribution in [1.82, 2.24) is 0 Å². The number of halogens is 4. The minimum atomic E-state index is -4.22. The van der Waals surface area contributed by atoms with E-state index < -0.39 is 25.2 Å². The largest absolute Gasteiger partial charge is 0.389 e. The van der Waals surface area contributed by atoms with Crippen LogP contribution in [0.2, 0.25) is 0 Å². The zero-order valence-corrected chi connectivity index (χ0v) is 5.00. The topological polar surface area (TPSA) is 0 Å². The average Bonchev–Trinajstić information content (AvgIpc) is 1.62. The molecule has 0 saturated carbocycles. The maximum Gasteiger partial charge on any atom is 0.389 e. The first-order chi connectivity index (χ1) is 3.95. The second-order valence-corrected chi connectivity index (χ2v) is 2.08. The highest BCUT2D eigenvalue weighted by Crippen LogP contribution is 2.24. The lowest BCUT2D eigenvalue weighted by molar-refractivity contribution is -0.144. The number of rotatable bonds is 2. The van der Waals surface area contributed by atoms with Crippen LogP contribution in [-0.2, 0) is 0 Å². The molecule has 0 N–H and O–H groups in total. The Bertz CT molecular complexity index is 75.5. The Kier molecular flexibility index (Phi) is 2.94. The van der Waals surface area contributed by atoms with E-state index in [0.29, 0.717) is 0 Å². The highest BCUT2D eigenvalue weighted by Gasteiger charge is 2.29. The van der Waals surface area contributed by atoms with Gasteiger partial charge in [-0.25, -0.2) is 0 Å². The van der Waals surface area contributed by atoms with Crippen molar-refractivity contribution >= 4 is 0 Å². The standard InChI is InChI=1S/C5H8F4/c1-4(3-6)2-5(7,8)9/h4H,2-3H2,1H3. The van der Waals surface area contributed by atoms with E-state index in [-0.39, 0.29) is 0 Å². The molecular formula is C5H8F4. The van der Waals surface area contributed by atoms with Crippen LogP contribution in [0.1, 0.15) is 13.3 Å². The van der Waals surface area contributed by atoms with Gasteiger partial charge in [-0.1, -0.05) is 6.92 Å². The number of hydrogen-bond donors (Lipinski definition) is 0. The molecule has 0 fully saturated rings. The van der Waals surface area contributed by atoms with Gasteiger partial charge in [-0.05, 0) is 5.92 Å². The maximum absolute atomic E-state index is 11.4. The van der Waals surface area contributed by atoms with Crippen molar-refractivity contribution in [3.05, 3.63) is 0 Å². The van der Waals surface area contributed by atoms with Gasteiger partial charge in [0.1, 0.15) is 0 Å². The lowest BCUT2D eigenvalue weighted by Gasteiger charge is -2.08. The van der Waals surface area contributed by atoms with Crippen LogP contribution >= 0.6 is 0 Å². The maximum atomic E-state index is 11.4. The van der Waals surface area contributed by atoms with E-state index in [9.17, 15) is 17.6 Å². The summed E-state index contributed by atoms with van der Waals surface area (Å²) >= 11 is 0. The molecule has 4 heteroatoms. The molecule has 0 radical (unpaired) electrons. The average molecular weight is 144 g/mol. The van der Waals surface area contributed by atoms with Crippen LogP contribution in [0.25, 0.3) is 0 Å². The van der Waals surface area contributed by atoms with Gasteiger partial charge in [0.25, 0.3) is 0 Å². The second-order valence-electron chi connectivity index (χ2n) is 2.08. The van der Waals surface area contributed by atoms with Crippen LogP contribution in [0.15, 0.2) is 0 Å². The van der Waals surface area contributed by atoms with Crippen LogP contribution in [-0.4, -0.2) is 12.9 Å². The predicted molar refractivity (Wildman–Crippen MR) is 25.8 cm³/mol. The van der Waals surface area contributed by atoms with Gasteiger partial charge < -0.3 is 0 Å². The van der Waals surface area contributed by atoms with Gasteiger partial charge in [0.15, 0.2) is 0 Å². The summed E-state index contributed by atoms with van der Waals surface area (Å²) in [4.78, 5) is 0. The van der Waals surface area contributed by atoms with E-state index in [1.807, 2.05) is 0 Å². The smallest absolute Gasteiger partial charge is 0.251 e. The molecule has 0 rings (SSSR count). The molecule has 0 aromatic heterocycles. The van der Waals surface area contributed by atoms with E-state index in [1.54, 1.807) is 0 Å². The van der Waals surface area contributed by atoms with Gasteiger partial charge in [0.05, 0.1) is 6.67 Å². The molecule has 0 aliphatic heterocycles. The molecule has 0 aromatic rings. The fraction of sp³-hybridized carbons (Fsp3) is 1.00. The summed E-state index contributed by atoms with van der Waals surface area (Å²) in [6.07, 6.45) is -5.24. The molecule has 9 heavy (non-hydrogen) atoms. The molecule has 0 nitrogen and oxygen atoms in total. The van der Waals surface area contributed by atoms with Gasteiger partial charge in [-0.15, -0.1) is 0 Å². The van der Waals surface area contributed by atoms with Crippen LogP contribution in [0.5, 0.6) is 0 Å². The highest BCUT2D eigenvalue weighted by molar-refractivity contribution is 4.56. The fourth-order valence-electron chi connectivity index (χ4n) is 0.450. The molecule has 0 spiro atoms. The van der Waals surface area contributed by atoms with Gasteiger partial charge in [0, 0.05) is 6.42 Å². The van der Waals surface area contributed by atoms with Crippen LogP contribution in [0.3, 0.4) is 0 Å². The summed E-state index contributed by atoms with van der Waals surface area (Å²) in [6.45, 7) is 0.326. The van der Waals surface area contributed by atoms with E-state index in [0.717, 1.165) is 0 Å². The SMILES string of the molecule is CC(CF)CC(F)(F)F. The molecule has 0 aliphatic carbocycles. The molecule has 0 aromatic carbocycles. The molecule has 0 saturated heterocycles. The quantitative estimate of drug-likeness (QED) is 0.522. The summed E-state index contributed by atoms with van der Waals surface area (Å²) in [5.41, 5.74) is 0. The fourth-order valence-corrected chi connectivity index (χ4v) is 0.450. The van der Waals surface area contributed by atoms with Crippen molar-refractivity contribution in [2.24, 2.45) is 5.92 Å². The molecule has 0 heterocycles. The Labute approximate surface area is 50.9 Å². The zero-order valence-electron chi connectivity index (χ0n) is 5.00. The van der Waals surface area contributed by atoms with Gasteiger partial charge in [-0.2, -0.15) is 13.2 Å². The minimum absolute atomic E-state index is 0.898. The van der Waals surface area contributed by atoms with Crippen molar-refractivity contribution in [2.75, 3.05) is 6.67 Å². The molecule has 56 valence electrons. The zero-order chi connectivity index (χ0) is 7.49. The van der Waals surface area contributed by atoms with Gasteiger partial charge in [0.2, 0.25) is 0 Å². The van der Waals surface area contributed by atoms with Crippen molar-refractivity contribution in [3.8, 4) is 0 Å². The number of alkyl halides is 4. The van der Waals surface area contributed by atoms with E-state index in [4.69, 9.17) is 0 Å². The van der Waals surface area contributed by atoms with E-state index in [2.05, 4.69) is 0 Å². The Morgan fingerprint density at radius 1 is 1.33 bits per heavy atom. The summed E-state index contributed by atoms with van der Waals surface area (Å²) in [7, 11) is 0. The minimum Gasteiger partial charge on any atom is -0.251 e. The third-order valence-corrected chi connectivity index (χ3v) is 0.843. The Morgan fingerprint density at radius 2 is 1.78 bits per heavy atom. The van der Waals surface area contributed by atoms with Crippen LogP contribution in [0.4, 0.5) is 17.6 Å². The Morgan fingerprint density at radius 3 is 1.89 bits per heavy atom. The first kappa shape index (κ1) is 8.72. The summed E-state index contributed by atoms with van der Waals surface area (Å²) in [6, 6.07) is 0. The molecule has 0 amide bonds. The van der Waals surface area contributed by atoms with E-state index >= 15 is 0 Å². The molecule has 1 unspecified atom stereocenters. The third kappa shape index (κ3) is 5.59. The molecule has 1 atom stereocenters. The summed E-state index contributed by atoms with van der Waals surface area (Å²) in [5.74, 6) is -0.898. The molecule has 0 aliphatic rings. The van der Waals surface area contributed by atoms with Crippen molar-refractivity contribution < 1.29 is 17.6 Å². The second kappa shape index (κ2) is 3.03. The summed E-state index contributed by atoms with van der Waals surface area (Å²) < 4.78 is 45.4. The third-order valence-electron chi connectivity index (χ3n) is 0.843. The molecular weight excluding hydrogens is 136 g/mol. The Balaban J connectivity index is 3.47. The van der Waals surface area contributed by atoms with Crippen molar-refractivity contribution in [3.63, 3.8) is 0 Å². The molecule has 0 bridgehead atoms. The van der Waals surface area contributed by atoms with Crippen molar-refractivity contribution in [2.45, 2.75) is 19.5 Å². The predicted octanol–water partition coefficient (Wildman–Crippen LogP) is 2.54. The van der Waals surface area contributed by atoms with Crippen LogP contribution in [0, 0.1) is 5.92 Å². The lowest BCUT2D eigenvalue weighted by Crippen LogP contribution is -2.13. The first-order valence-electron chi connectivity index (χ1n) is 2.58. The first-order valence-corrected chi connectivity index (χ1v) is 2.58. The monoisotopic (exact) mass is 144 g/mol. The summed E-state index contributed by atoms with van der Waals surface area (Å²) in [5, 5.41) is 0. The van der Waals surface area contributed by atoms with E-state index in [1.165, 1.54) is 6.92 Å². The Hall–Kier alpha value is -0.280. The highest BCUT2D eigenvalue weighted by atomic mass is 19.4. The van der Waals surface area contributed by atoms with Gasteiger partial charge in [-0.3, -0.25) is 4.39 Å². The number of hydrogen-bond acceptors (Lipinski definition) is 0. The normalized spacial score (nSPS) is 15.7. The van der Waals surface area contributed by atoms with Crippen LogP contribution < -0.4 is 0 Å².